The summed E-state index contributed by atoms with van der Waals surface area (Å²) in [6.07, 6.45) is 1.36. The van der Waals surface area contributed by atoms with Crippen LogP contribution in [0.15, 0.2) is 52.5 Å². The maximum atomic E-state index is 12.2. The third-order valence-corrected chi connectivity index (χ3v) is 6.23. The second-order valence-corrected chi connectivity index (χ2v) is 8.61. The van der Waals surface area contributed by atoms with E-state index >= 15 is 0 Å². The van der Waals surface area contributed by atoms with Gasteiger partial charge in [-0.15, -0.1) is 0 Å². The van der Waals surface area contributed by atoms with Gasteiger partial charge in [-0.3, -0.25) is 4.79 Å². The smallest absolute Gasteiger partial charge is 0.251 e. The van der Waals surface area contributed by atoms with Gasteiger partial charge in [0, 0.05) is 31.9 Å². The van der Waals surface area contributed by atoms with E-state index in [1.165, 1.54) is 32.4 Å². The molecule has 0 aliphatic heterocycles. The first-order chi connectivity index (χ1) is 11.7. The van der Waals surface area contributed by atoms with Gasteiger partial charge < -0.3 is 10.5 Å². The Hall–Kier alpha value is -2.10. The second-order valence-electron chi connectivity index (χ2n) is 5.47. The highest BCUT2D eigenvalue weighted by atomic mass is 32.2. The summed E-state index contributed by atoms with van der Waals surface area (Å²) in [4.78, 5) is 12.2. The van der Waals surface area contributed by atoms with Gasteiger partial charge in [-0.25, -0.2) is 12.7 Å². The molecule has 0 radical (unpaired) electrons. The lowest BCUT2D eigenvalue weighted by atomic mass is 10.2. The molecule has 0 saturated carbocycles. The maximum Gasteiger partial charge on any atom is 0.251 e. The number of rotatable bonds is 6. The zero-order valence-electron chi connectivity index (χ0n) is 14.1. The van der Waals surface area contributed by atoms with Gasteiger partial charge in [0.15, 0.2) is 6.20 Å². The minimum atomic E-state index is -3.58. The summed E-state index contributed by atoms with van der Waals surface area (Å²) in [5.74, 6) is -0.285. The quantitative estimate of drug-likeness (QED) is 0.466. The van der Waals surface area contributed by atoms with Gasteiger partial charge in [0.2, 0.25) is 15.9 Å². The predicted molar refractivity (Wildman–Crippen MR) is 96.8 cm³/mol. The molecule has 0 atom stereocenters. The van der Waals surface area contributed by atoms with Crippen molar-refractivity contribution in [1.29, 1.82) is 0 Å². The normalized spacial score (nSPS) is 11.5. The third-order valence-electron chi connectivity index (χ3n) is 3.40. The molecular formula is C16H19N3O4S2. The van der Waals surface area contributed by atoms with Gasteiger partial charge >= 0.3 is 0 Å². The van der Waals surface area contributed by atoms with Crippen LogP contribution in [0, 0.1) is 12.1 Å². The van der Waals surface area contributed by atoms with Crippen molar-refractivity contribution in [3.8, 4) is 0 Å². The van der Waals surface area contributed by atoms with Crippen molar-refractivity contribution < 1.29 is 17.9 Å². The van der Waals surface area contributed by atoms with Crippen LogP contribution < -0.4 is 10.0 Å². The molecule has 0 fully saturated rings. The first-order valence-electron chi connectivity index (χ1n) is 7.36. The largest absolute Gasteiger partial charge is 0.618 e. The van der Waals surface area contributed by atoms with E-state index in [9.17, 15) is 18.4 Å². The van der Waals surface area contributed by atoms with Crippen LogP contribution in [-0.2, 0) is 14.8 Å². The fourth-order valence-corrected chi connectivity index (χ4v) is 3.60. The Balaban J connectivity index is 2.12. The van der Waals surface area contributed by atoms with Crippen LogP contribution in [0.5, 0.6) is 0 Å². The summed E-state index contributed by atoms with van der Waals surface area (Å²) in [6.45, 7) is 1.78. The number of thioether (sulfide) groups is 1. The molecule has 1 aromatic carbocycles. The first-order valence-corrected chi connectivity index (χ1v) is 9.78. The van der Waals surface area contributed by atoms with Gasteiger partial charge in [0.1, 0.15) is 0 Å². The molecule has 134 valence electrons. The van der Waals surface area contributed by atoms with Gasteiger partial charge in [-0.1, -0.05) is 6.07 Å². The van der Waals surface area contributed by atoms with E-state index in [1.54, 1.807) is 31.2 Å². The molecule has 0 aliphatic carbocycles. The van der Waals surface area contributed by atoms with Gasteiger partial charge in [-0.2, -0.15) is 4.73 Å². The number of benzene rings is 1. The molecule has 0 unspecified atom stereocenters. The van der Waals surface area contributed by atoms with Crippen molar-refractivity contribution >= 4 is 33.4 Å². The Morgan fingerprint density at radius 2 is 2.00 bits per heavy atom. The number of hydrogen-bond acceptors (Lipinski definition) is 5. The number of nitrogens with zero attached hydrogens (tertiary/aromatic N) is 2. The highest BCUT2D eigenvalue weighted by molar-refractivity contribution is 7.99. The van der Waals surface area contributed by atoms with Gasteiger partial charge in [0.25, 0.3) is 5.03 Å². The first kappa shape index (κ1) is 19.2. The molecule has 9 heteroatoms. The van der Waals surface area contributed by atoms with Gasteiger partial charge in [-0.05, 0) is 42.4 Å². The van der Waals surface area contributed by atoms with Crippen LogP contribution in [0.25, 0.3) is 0 Å². The van der Waals surface area contributed by atoms with E-state index in [0.29, 0.717) is 15.4 Å². The summed E-state index contributed by atoms with van der Waals surface area (Å²) in [6, 6.07) is 9.52. The highest BCUT2D eigenvalue weighted by Gasteiger charge is 2.19. The van der Waals surface area contributed by atoms with Crippen molar-refractivity contribution in [3.05, 3.63) is 53.4 Å². The molecule has 1 N–H and O–H groups in total. The summed E-state index contributed by atoms with van der Waals surface area (Å²) >= 11 is 1.11. The standard InChI is InChI=1S/C16H19N3O4S2/c1-12-7-8-13(25(22,23)18(2)3)10-14(12)17-15(20)11-24-16-6-4-5-9-19(16)21/h4-10H,11H2,1-3H3,(H,17,20). The molecule has 7 nitrogen and oxygen atoms in total. The Bertz CT molecular complexity index is 883. The van der Waals surface area contributed by atoms with E-state index in [0.717, 1.165) is 21.6 Å². The summed E-state index contributed by atoms with van der Waals surface area (Å²) in [5.41, 5.74) is 1.17. The SMILES string of the molecule is Cc1ccc(S(=O)(=O)N(C)C)cc1NC(=O)CSc1cccc[n+]1[O-]. The molecule has 25 heavy (non-hydrogen) atoms. The van der Waals surface area contributed by atoms with Gasteiger partial charge in [0.05, 0.1) is 10.6 Å². The van der Waals surface area contributed by atoms with Crippen LogP contribution in [0.3, 0.4) is 0 Å². The fourth-order valence-electron chi connectivity index (χ4n) is 1.96. The van der Waals surface area contributed by atoms with Crippen LogP contribution in [0.1, 0.15) is 5.56 Å². The van der Waals surface area contributed by atoms with E-state index in [2.05, 4.69) is 5.32 Å². The molecule has 0 aliphatic rings. The van der Waals surface area contributed by atoms with Crippen LogP contribution in [0.4, 0.5) is 5.69 Å². The highest BCUT2D eigenvalue weighted by Crippen LogP contribution is 2.22. The monoisotopic (exact) mass is 381 g/mol. The zero-order chi connectivity index (χ0) is 18.6. The number of hydrogen-bond donors (Lipinski definition) is 1. The number of nitrogens with one attached hydrogen (secondary N) is 1. The Morgan fingerprint density at radius 1 is 1.28 bits per heavy atom. The molecular weight excluding hydrogens is 362 g/mol. The van der Waals surface area contributed by atoms with E-state index in [4.69, 9.17) is 0 Å². The minimum absolute atomic E-state index is 0.0380. The number of aryl methyl sites for hydroxylation is 1. The number of pyridine rings is 1. The Kier molecular flexibility index (Phi) is 6.04. The third kappa shape index (κ3) is 4.71. The Morgan fingerprint density at radius 3 is 2.64 bits per heavy atom. The van der Waals surface area contributed by atoms with E-state index in [-0.39, 0.29) is 16.6 Å². The average molecular weight is 381 g/mol. The summed E-state index contributed by atoms with van der Waals surface area (Å²) < 4.78 is 26.2. The molecule has 0 saturated heterocycles. The summed E-state index contributed by atoms with van der Waals surface area (Å²) in [7, 11) is -0.688. The number of amides is 1. The number of anilines is 1. The number of carbonyl (C=O) groups is 1. The second kappa shape index (κ2) is 7.85. The summed E-state index contributed by atoms with van der Waals surface area (Å²) in [5, 5.41) is 14.7. The molecule has 2 aromatic rings. The van der Waals surface area contributed by atoms with Crippen LogP contribution in [0.2, 0.25) is 0 Å². The number of aromatic nitrogens is 1. The molecule has 1 heterocycles. The molecule has 1 aromatic heterocycles. The minimum Gasteiger partial charge on any atom is -0.618 e. The van der Waals surface area contributed by atoms with E-state index < -0.39 is 10.0 Å². The van der Waals surface area contributed by atoms with E-state index in [1.807, 2.05) is 0 Å². The zero-order valence-corrected chi connectivity index (χ0v) is 15.7. The topological polar surface area (TPSA) is 93.4 Å². The lowest BCUT2D eigenvalue weighted by molar-refractivity contribution is -0.645. The lowest BCUT2D eigenvalue weighted by Gasteiger charge is -2.14. The molecule has 0 spiro atoms. The maximum absolute atomic E-state index is 12.2. The van der Waals surface area contributed by atoms with Crippen LogP contribution >= 0.6 is 11.8 Å². The lowest BCUT2D eigenvalue weighted by Crippen LogP contribution is -2.28. The number of carbonyl (C=O) groups excluding carboxylic acids is 1. The number of sulfonamides is 1. The van der Waals surface area contributed by atoms with Crippen molar-refractivity contribution in [3.63, 3.8) is 0 Å². The predicted octanol–water partition coefficient (Wildman–Crippen LogP) is 1.61. The molecule has 1 amide bonds. The van der Waals surface area contributed by atoms with Crippen LogP contribution in [-0.4, -0.2) is 38.5 Å². The van der Waals surface area contributed by atoms with Crippen molar-refractivity contribution in [2.75, 3.05) is 25.2 Å². The van der Waals surface area contributed by atoms with Crippen molar-refractivity contribution in [2.45, 2.75) is 16.8 Å². The Labute approximate surface area is 151 Å². The molecule has 0 bridgehead atoms. The fraction of sp³-hybridized carbons (Fsp3) is 0.250. The van der Waals surface area contributed by atoms with Crippen molar-refractivity contribution in [2.24, 2.45) is 0 Å². The average Bonchev–Trinajstić information content (AvgIpc) is 2.55. The molecule has 2 rings (SSSR count). The van der Waals surface area contributed by atoms with Crippen molar-refractivity contribution in [1.82, 2.24) is 4.31 Å².